The summed E-state index contributed by atoms with van der Waals surface area (Å²) >= 11 is 0. The van der Waals surface area contributed by atoms with Crippen LogP contribution < -0.4 is 21.5 Å². The van der Waals surface area contributed by atoms with Crippen molar-refractivity contribution < 1.29 is 0 Å². The summed E-state index contributed by atoms with van der Waals surface area (Å²) in [6, 6.07) is 0.447. The minimum absolute atomic E-state index is 0.399. The molecule has 112 valence electrons. The van der Waals surface area contributed by atoms with Crippen molar-refractivity contribution in [2.45, 2.75) is 46.1 Å². The molecular weight excluding hydrogens is 254 g/mol. The summed E-state index contributed by atoms with van der Waals surface area (Å²) in [7, 11) is 0. The maximum atomic E-state index is 5.45. The van der Waals surface area contributed by atoms with Crippen LogP contribution in [0.15, 0.2) is 0 Å². The number of nitrogens with one attached hydrogen (secondary N) is 2. The molecule has 1 heterocycles. The van der Waals surface area contributed by atoms with Gasteiger partial charge in [0.2, 0.25) is 17.8 Å². The number of nitrogen functional groups attached to an aromatic ring is 1. The van der Waals surface area contributed by atoms with E-state index < -0.39 is 0 Å². The summed E-state index contributed by atoms with van der Waals surface area (Å²) in [5.41, 5.74) is 2.52. The molecule has 0 radical (unpaired) electrons. The number of anilines is 3. The molecule has 20 heavy (non-hydrogen) atoms. The molecule has 2 atom stereocenters. The topological polar surface area (TPSA) is 92.0 Å². The summed E-state index contributed by atoms with van der Waals surface area (Å²) in [6.07, 6.45) is 3.59. The van der Waals surface area contributed by atoms with Crippen LogP contribution in [-0.2, 0) is 0 Å². The van der Waals surface area contributed by atoms with Crippen molar-refractivity contribution in [1.82, 2.24) is 15.0 Å². The lowest BCUT2D eigenvalue weighted by Gasteiger charge is -2.20. The summed E-state index contributed by atoms with van der Waals surface area (Å²) in [6.45, 7) is 8.14. The van der Waals surface area contributed by atoms with Crippen LogP contribution in [-0.4, -0.2) is 34.1 Å². The average molecular weight is 279 g/mol. The van der Waals surface area contributed by atoms with Gasteiger partial charge in [-0.2, -0.15) is 15.0 Å². The number of hydrazine groups is 1. The zero-order valence-electron chi connectivity index (χ0n) is 12.6. The van der Waals surface area contributed by atoms with Gasteiger partial charge in [0.05, 0.1) is 0 Å². The lowest BCUT2D eigenvalue weighted by atomic mass is 10.1. The van der Waals surface area contributed by atoms with E-state index in [1.54, 1.807) is 0 Å². The predicted molar refractivity (Wildman–Crippen MR) is 81.6 cm³/mol. The van der Waals surface area contributed by atoms with E-state index >= 15 is 0 Å². The van der Waals surface area contributed by atoms with Gasteiger partial charge in [-0.1, -0.05) is 6.92 Å². The Morgan fingerprint density at radius 2 is 1.85 bits per heavy atom. The Balaban J connectivity index is 2.17. The SMILES string of the molecule is CCN(CC)c1nc(NN)nc(NC2CCC(C)C2)n1. The summed E-state index contributed by atoms with van der Waals surface area (Å²) in [5, 5.41) is 3.40. The first-order valence-electron chi connectivity index (χ1n) is 7.40. The van der Waals surface area contributed by atoms with Gasteiger partial charge in [0.15, 0.2) is 0 Å². The molecule has 0 amide bonds. The van der Waals surface area contributed by atoms with E-state index in [1.807, 2.05) is 0 Å². The lowest BCUT2D eigenvalue weighted by molar-refractivity contribution is 0.601. The molecule has 0 aliphatic heterocycles. The lowest BCUT2D eigenvalue weighted by Crippen LogP contribution is -2.27. The predicted octanol–water partition coefficient (Wildman–Crippen LogP) is 1.60. The first kappa shape index (κ1) is 14.8. The summed E-state index contributed by atoms with van der Waals surface area (Å²) < 4.78 is 0. The fourth-order valence-corrected chi connectivity index (χ4v) is 2.66. The van der Waals surface area contributed by atoms with Crippen molar-refractivity contribution in [3.8, 4) is 0 Å². The van der Waals surface area contributed by atoms with Crippen LogP contribution in [0.25, 0.3) is 0 Å². The second-order valence-electron chi connectivity index (χ2n) is 5.36. The molecule has 0 aromatic carbocycles. The molecule has 1 aromatic rings. The van der Waals surface area contributed by atoms with E-state index in [-0.39, 0.29) is 0 Å². The fourth-order valence-electron chi connectivity index (χ4n) is 2.66. The molecule has 4 N–H and O–H groups in total. The number of aromatic nitrogens is 3. The molecule has 1 saturated carbocycles. The van der Waals surface area contributed by atoms with Gasteiger partial charge in [-0.15, -0.1) is 0 Å². The number of hydrogen-bond acceptors (Lipinski definition) is 7. The summed E-state index contributed by atoms with van der Waals surface area (Å²) in [5.74, 6) is 7.88. The Morgan fingerprint density at radius 3 is 2.40 bits per heavy atom. The minimum atomic E-state index is 0.399. The first-order valence-corrected chi connectivity index (χ1v) is 7.40. The van der Waals surface area contributed by atoms with Crippen LogP contribution in [0.4, 0.5) is 17.8 Å². The van der Waals surface area contributed by atoms with Crippen molar-refractivity contribution >= 4 is 17.8 Å². The average Bonchev–Trinajstić information content (AvgIpc) is 2.85. The Morgan fingerprint density at radius 1 is 1.15 bits per heavy atom. The third-order valence-electron chi connectivity index (χ3n) is 3.83. The Hall–Kier alpha value is -1.63. The highest BCUT2D eigenvalue weighted by Gasteiger charge is 2.22. The first-order chi connectivity index (χ1) is 9.66. The highest BCUT2D eigenvalue weighted by molar-refractivity contribution is 5.43. The highest BCUT2D eigenvalue weighted by Crippen LogP contribution is 2.27. The molecule has 1 aliphatic carbocycles. The maximum Gasteiger partial charge on any atom is 0.243 e. The second-order valence-corrected chi connectivity index (χ2v) is 5.36. The van der Waals surface area contributed by atoms with Crippen LogP contribution in [0.2, 0.25) is 0 Å². The molecule has 7 nitrogen and oxygen atoms in total. The van der Waals surface area contributed by atoms with Crippen molar-refractivity contribution in [3.63, 3.8) is 0 Å². The number of rotatable bonds is 6. The van der Waals surface area contributed by atoms with E-state index in [4.69, 9.17) is 5.84 Å². The van der Waals surface area contributed by atoms with Crippen LogP contribution >= 0.6 is 0 Å². The largest absolute Gasteiger partial charge is 0.351 e. The van der Waals surface area contributed by atoms with Gasteiger partial charge in [0, 0.05) is 19.1 Å². The Bertz CT molecular complexity index is 433. The molecule has 0 saturated heterocycles. The van der Waals surface area contributed by atoms with E-state index in [2.05, 4.69) is 51.4 Å². The Labute approximate surface area is 120 Å². The van der Waals surface area contributed by atoms with Gasteiger partial charge in [-0.3, -0.25) is 5.43 Å². The zero-order chi connectivity index (χ0) is 14.5. The zero-order valence-corrected chi connectivity index (χ0v) is 12.6. The monoisotopic (exact) mass is 279 g/mol. The molecule has 2 rings (SSSR count). The van der Waals surface area contributed by atoms with Gasteiger partial charge in [0.1, 0.15) is 0 Å². The number of hydrogen-bond donors (Lipinski definition) is 3. The van der Waals surface area contributed by atoms with Crippen LogP contribution in [0.5, 0.6) is 0 Å². The van der Waals surface area contributed by atoms with E-state index in [1.165, 1.54) is 12.8 Å². The van der Waals surface area contributed by atoms with E-state index in [9.17, 15) is 0 Å². The highest BCUT2D eigenvalue weighted by atomic mass is 15.4. The van der Waals surface area contributed by atoms with Crippen LogP contribution in [0.1, 0.15) is 40.0 Å². The molecule has 1 fully saturated rings. The second kappa shape index (κ2) is 6.69. The molecule has 1 aliphatic rings. The van der Waals surface area contributed by atoms with Gasteiger partial charge in [-0.05, 0) is 39.0 Å². The van der Waals surface area contributed by atoms with Gasteiger partial charge >= 0.3 is 0 Å². The van der Waals surface area contributed by atoms with Crippen molar-refractivity contribution in [2.75, 3.05) is 28.7 Å². The normalized spacial score (nSPS) is 21.8. The summed E-state index contributed by atoms with van der Waals surface area (Å²) in [4.78, 5) is 15.2. The van der Waals surface area contributed by atoms with E-state index in [0.29, 0.717) is 23.9 Å². The van der Waals surface area contributed by atoms with Crippen molar-refractivity contribution in [1.29, 1.82) is 0 Å². The Kier molecular flexibility index (Phi) is 4.94. The molecule has 7 heteroatoms. The van der Waals surface area contributed by atoms with Crippen LogP contribution in [0, 0.1) is 5.92 Å². The van der Waals surface area contributed by atoms with Gasteiger partial charge in [-0.25, -0.2) is 5.84 Å². The minimum Gasteiger partial charge on any atom is -0.351 e. The maximum absolute atomic E-state index is 5.45. The van der Waals surface area contributed by atoms with Gasteiger partial charge < -0.3 is 10.2 Å². The smallest absolute Gasteiger partial charge is 0.243 e. The molecule has 2 unspecified atom stereocenters. The third kappa shape index (κ3) is 3.47. The van der Waals surface area contributed by atoms with E-state index in [0.717, 1.165) is 25.4 Å². The van der Waals surface area contributed by atoms with Crippen LogP contribution in [0.3, 0.4) is 0 Å². The molecule has 1 aromatic heterocycles. The molecular formula is C13H25N7. The quantitative estimate of drug-likeness (QED) is 0.538. The van der Waals surface area contributed by atoms with Gasteiger partial charge in [0.25, 0.3) is 0 Å². The third-order valence-corrected chi connectivity index (χ3v) is 3.83. The molecule has 0 spiro atoms. The number of nitrogens with zero attached hydrogens (tertiary/aromatic N) is 4. The van der Waals surface area contributed by atoms with Crippen molar-refractivity contribution in [2.24, 2.45) is 11.8 Å². The molecule has 0 bridgehead atoms. The standard InChI is InChI=1S/C13H25N7/c1-4-20(5-2)13-17-11(16-12(18-13)19-14)15-10-7-6-9(3)8-10/h9-10H,4-8,14H2,1-3H3,(H2,15,16,17,18,19). The number of nitrogens with two attached hydrogens (primary N) is 1. The van der Waals surface area contributed by atoms with Crippen molar-refractivity contribution in [3.05, 3.63) is 0 Å². The fraction of sp³-hybridized carbons (Fsp3) is 0.769.